The molecule has 70 valence electrons. The Hall–Kier alpha value is -1.70. The van der Waals surface area contributed by atoms with Gasteiger partial charge in [0.25, 0.3) is 0 Å². The van der Waals surface area contributed by atoms with Crippen molar-refractivity contribution < 1.29 is 8.96 Å². The molecule has 2 rings (SSSR count). The van der Waals surface area contributed by atoms with Crippen molar-refractivity contribution in [2.24, 2.45) is 0 Å². The summed E-state index contributed by atoms with van der Waals surface area (Å²) < 4.78 is 14.8. The van der Waals surface area contributed by atoms with Gasteiger partial charge in [0.05, 0.1) is 0 Å². The highest BCUT2D eigenvalue weighted by atomic mass is 19.1. The fraction of sp³-hybridized carbons (Fsp3) is 0.0833. The average Bonchev–Trinajstić information content (AvgIpc) is 2.23. The van der Waals surface area contributed by atoms with E-state index in [-0.39, 0.29) is 5.95 Å². The van der Waals surface area contributed by atoms with E-state index in [4.69, 9.17) is 0 Å². The number of hydrogen-bond acceptors (Lipinski definition) is 0. The maximum absolute atomic E-state index is 13.2. The van der Waals surface area contributed by atoms with Gasteiger partial charge in [0, 0.05) is 17.7 Å². The number of pyridine rings is 1. The molecule has 0 saturated carbocycles. The fourth-order valence-corrected chi connectivity index (χ4v) is 1.36. The lowest BCUT2D eigenvalue weighted by Gasteiger charge is -1.97. The first kappa shape index (κ1) is 8.88. The zero-order chi connectivity index (χ0) is 9.80. The molecular weight excluding hydrogens is 177 g/mol. The second-order valence-electron chi connectivity index (χ2n) is 3.14. The van der Waals surface area contributed by atoms with E-state index in [0.717, 1.165) is 5.56 Å². The highest BCUT2D eigenvalue weighted by molar-refractivity contribution is 5.13. The van der Waals surface area contributed by atoms with Crippen LogP contribution in [-0.4, -0.2) is 0 Å². The van der Waals surface area contributed by atoms with Gasteiger partial charge in [-0.3, -0.25) is 0 Å². The van der Waals surface area contributed by atoms with E-state index in [0.29, 0.717) is 6.54 Å². The van der Waals surface area contributed by atoms with Gasteiger partial charge in [-0.05, 0) is 6.07 Å². The van der Waals surface area contributed by atoms with Crippen LogP contribution in [0.3, 0.4) is 0 Å². The molecule has 0 unspecified atom stereocenters. The normalized spacial score (nSPS) is 10.1. The third-order valence-corrected chi connectivity index (χ3v) is 2.08. The molecule has 0 fully saturated rings. The Labute approximate surface area is 82.4 Å². The summed E-state index contributed by atoms with van der Waals surface area (Å²) in [6.07, 6.45) is 1.74. The summed E-state index contributed by atoms with van der Waals surface area (Å²) in [4.78, 5) is 0. The monoisotopic (exact) mass is 188 g/mol. The third kappa shape index (κ3) is 1.96. The van der Waals surface area contributed by atoms with Gasteiger partial charge in [-0.25, -0.2) is 0 Å². The maximum atomic E-state index is 13.2. The van der Waals surface area contributed by atoms with Gasteiger partial charge < -0.3 is 0 Å². The summed E-state index contributed by atoms with van der Waals surface area (Å²) in [6.45, 7) is 0.577. The molecule has 1 aromatic carbocycles. The van der Waals surface area contributed by atoms with Gasteiger partial charge >= 0.3 is 5.95 Å². The van der Waals surface area contributed by atoms with Crippen molar-refractivity contribution in [1.29, 1.82) is 0 Å². The van der Waals surface area contributed by atoms with E-state index in [1.54, 1.807) is 16.8 Å². The molecule has 0 aliphatic carbocycles. The number of hydrogen-bond donors (Lipinski definition) is 0. The molecule has 0 atom stereocenters. The molecule has 2 heteroatoms. The van der Waals surface area contributed by atoms with Crippen LogP contribution in [-0.2, 0) is 6.54 Å². The zero-order valence-electron chi connectivity index (χ0n) is 7.73. The number of nitrogens with zero attached hydrogens (tertiary/aromatic N) is 1. The molecule has 14 heavy (non-hydrogen) atoms. The van der Waals surface area contributed by atoms with Gasteiger partial charge in [-0.15, -0.1) is 4.39 Å². The molecule has 2 aromatic rings. The summed E-state index contributed by atoms with van der Waals surface area (Å²) in [6, 6.07) is 14.8. The minimum atomic E-state index is -0.212. The molecule has 0 N–H and O–H groups in total. The average molecular weight is 188 g/mol. The van der Waals surface area contributed by atoms with E-state index in [9.17, 15) is 4.39 Å². The van der Waals surface area contributed by atoms with Crippen molar-refractivity contribution in [2.45, 2.75) is 6.54 Å². The van der Waals surface area contributed by atoms with Crippen LogP contribution in [0.2, 0.25) is 0 Å². The Bertz CT molecular complexity index is 412. The predicted molar refractivity (Wildman–Crippen MR) is 52.1 cm³/mol. The van der Waals surface area contributed by atoms with Gasteiger partial charge in [0.1, 0.15) is 0 Å². The second-order valence-corrected chi connectivity index (χ2v) is 3.14. The van der Waals surface area contributed by atoms with Crippen LogP contribution in [0.1, 0.15) is 5.56 Å². The lowest BCUT2D eigenvalue weighted by Crippen LogP contribution is -2.37. The summed E-state index contributed by atoms with van der Waals surface area (Å²) in [5, 5.41) is 0. The third-order valence-electron chi connectivity index (χ3n) is 2.08. The number of benzene rings is 1. The highest BCUT2D eigenvalue weighted by Gasteiger charge is 2.07. The van der Waals surface area contributed by atoms with Crippen molar-refractivity contribution in [3.63, 3.8) is 0 Å². The first-order chi connectivity index (χ1) is 6.86. The predicted octanol–water partition coefficient (Wildman–Crippen LogP) is 2.16. The maximum Gasteiger partial charge on any atom is 0.359 e. The summed E-state index contributed by atoms with van der Waals surface area (Å²) in [5.41, 5.74) is 1.10. The van der Waals surface area contributed by atoms with E-state index < -0.39 is 0 Å². The van der Waals surface area contributed by atoms with Crippen molar-refractivity contribution in [2.75, 3.05) is 0 Å². The van der Waals surface area contributed by atoms with E-state index in [1.165, 1.54) is 6.07 Å². The van der Waals surface area contributed by atoms with Crippen molar-refractivity contribution >= 4 is 0 Å². The van der Waals surface area contributed by atoms with Crippen LogP contribution >= 0.6 is 0 Å². The molecule has 0 saturated heterocycles. The SMILES string of the molecule is Fc1cccc[n+]1Cc1ccccc1. The Kier molecular flexibility index (Phi) is 2.54. The molecule has 1 nitrogen and oxygen atoms in total. The van der Waals surface area contributed by atoms with E-state index in [1.807, 2.05) is 36.4 Å². The van der Waals surface area contributed by atoms with Crippen molar-refractivity contribution in [3.05, 3.63) is 66.2 Å². The van der Waals surface area contributed by atoms with Crippen LogP contribution in [0.5, 0.6) is 0 Å². The van der Waals surface area contributed by atoms with Gasteiger partial charge in [0.15, 0.2) is 12.7 Å². The molecule has 0 aliphatic heterocycles. The van der Waals surface area contributed by atoms with E-state index >= 15 is 0 Å². The molecule has 1 aromatic heterocycles. The minimum Gasteiger partial charge on any atom is -0.169 e. The number of rotatable bonds is 2. The lowest BCUT2D eigenvalue weighted by atomic mass is 10.2. The molecule has 0 bridgehead atoms. The smallest absolute Gasteiger partial charge is 0.169 e. The summed E-state index contributed by atoms with van der Waals surface area (Å²) in [7, 11) is 0. The zero-order valence-corrected chi connectivity index (χ0v) is 7.73. The molecule has 0 aliphatic rings. The quantitative estimate of drug-likeness (QED) is 0.502. The topological polar surface area (TPSA) is 3.88 Å². The standard InChI is InChI=1S/C12H11FN/c13-12-8-4-5-9-14(12)10-11-6-2-1-3-7-11/h1-9H,10H2/q+1. The Morgan fingerprint density at radius 2 is 1.64 bits per heavy atom. The first-order valence-electron chi connectivity index (χ1n) is 4.54. The largest absolute Gasteiger partial charge is 0.359 e. The van der Waals surface area contributed by atoms with Crippen molar-refractivity contribution in [1.82, 2.24) is 0 Å². The number of aromatic nitrogens is 1. The van der Waals surface area contributed by atoms with Gasteiger partial charge in [-0.2, -0.15) is 4.57 Å². The molecule has 0 radical (unpaired) electrons. The summed E-state index contributed by atoms with van der Waals surface area (Å²) in [5.74, 6) is -0.212. The second kappa shape index (κ2) is 4.01. The molecule has 1 heterocycles. The Morgan fingerprint density at radius 1 is 0.929 bits per heavy atom. The van der Waals surface area contributed by atoms with Crippen molar-refractivity contribution in [3.8, 4) is 0 Å². The van der Waals surface area contributed by atoms with Crippen LogP contribution in [0, 0.1) is 5.95 Å². The number of halogens is 1. The fourth-order valence-electron chi connectivity index (χ4n) is 1.36. The Balaban J connectivity index is 2.24. The first-order valence-corrected chi connectivity index (χ1v) is 4.54. The van der Waals surface area contributed by atoms with Gasteiger partial charge in [-0.1, -0.05) is 30.3 Å². The minimum absolute atomic E-state index is 0.212. The van der Waals surface area contributed by atoms with Crippen LogP contribution in [0.25, 0.3) is 0 Å². The molecule has 0 amide bonds. The highest BCUT2D eigenvalue weighted by Crippen LogP contribution is 1.98. The van der Waals surface area contributed by atoms with Gasteiger partial charge in [0.2, 0.25) is 0 Å². The Morgan fingerprint density at radius 3 is 2.36 bits per heavy atom. The van der Waals surface area contributed by atoms with Crippen LogP contribution in [0.4, 0.5) is 4.39 Å². The lowest BCUT2D eigenvalue weighted by molar-refractivity contribution is -0.716. The summed E-state index contributed by atoms with van der Waals surface area (Å²) >= 11 is 0. The van der Waals surface area contributed by atoms with Crippen LogP contribution < -0.4 is 4.57 Å². The molecular formula is C12H11FN+. The van der Waals surface area contributed by atoms with Crippen LogP contribution in [0.15, 0.2) is 54.7 Å². The molecule has 0 spiro atoms. The van der Waals surface area contributed by atoms with E-state index in [2.05, 4.69) is 0 Å².